The summed E-state index contributed by atoms with van der Waals surface area (Å²) in [7, 11) is 0. The summed E-state index contributed by atoms with van der Waals surface area (Å²) in [4.78, 5) is 34.8. The number of nitrogens with zero attached hydrogens (tertiary/aromatic N) is 3. The van der Waals surface area contributed by atoms with E-state index in [4.69, 9.17) is 4.42 Å². The van der Waals surface area contributed by atoms with E-state index in [1.165, 1.54) is 12.4 Å². The summed E-state index contributed by atoms with van der Waals surface area (Å²) in [6.45, 7) is 3.07. The number of aryl methyl sites for hydroxylation is 1. The maximum atomic E-state index is 12.6. The first kappa shape index (κ1) is 18.2. The van der Waals surface area contributed by atoms with E-state index in [9.17, 15) is 9.59 Å². The van der Waals surface area contributed by atoms with Gasteiger partial charge in [0.05, 0.1) is 12.6 Å². The van der Waals surface area contributed by atoms with Crippen molar-refractivity contribution in [2.45, 2.75) is 32.2 Å². The molecule has 0 aliphatic carbocycles. The summed E-state index contributed by atoms with van der Waals surface area (Å²) >= 11 is 0. The summed E-state index contributed by atoms with van der Waals surface area (Å²) in [5.41, 5.74) is 2.09. The first-order valence-corrected chi connectivity index (χ1v) is 9.43. The maximum Gasteiger partial charge on any atom is 0.274 e. The van der Waals surface area contributed by atoms with Crippen molar-refractivity contribution in [1.29, 1.82) is 0 Å². The normalized spacial score (nSPS) is 15.0. The quantitative estimate of drug-likeness (QED) is 0.754. The van der Waals surface area contributed by atoms with E-state index in [0.717, 1.165) is 35.1 Å². The summed E-state index contributed by atoms with van der Waals surface area (Å²) in [5.74, 6) is 0.646. The van der Waals surface area contributed by atoms with Crippen LogP contribution in [0.2, 0.25) is 0 Å². The van der Waals surface area contributed by atoms with Crippen molar-refractivity contribution < 1.29 is 14.0 Å². The monoisotopic (exact) mass is 378 g/mol. The van der Waals surface area contributed by atoms with Gasteiger partial charge in [-0.1, -0.05) is 18.2 Å². The number of fused-ring (bicyclic) bond motifs is 1. The third-order valence-corrected chi connectivity index (χ3v) is 5.17. The minimum Gasteiger partial charge on any atom is -0.461 e. The topological polar surface area (TPSA) is 88.3 Å². The number of piperidine rings is 1. The highest BCUT2D eigenvalue weighted by Gasteiger charge is 2.25. The molecule has 3 heterocycles. The Bertz CT molecular complexity index is 991. The summed E-state index contributed by atoms with van der Waals surface area (Å²) in [5, 5.41) is 4.09. The van der Waals surface area contributed by atoms with Crippen molar-refractivity contribution in [1.82, 2.24) is 20.2 Å². The van der Waals surface area contributed by atoms with Crippen LogP contribution >= 0.6 is 0 Å². The lowest BCUT2D eigenvalue weighted by Gasteiger charge is -2.32. The number of benzene rings is 1. The molecule has 1 saturated heterocycles. The number of nitrogens with one attached hydrogen (secondary N) is 1. The molecule has 144 valence electrons. The van der Waals surface area contributed by atoms with Crippen LogP contribution in [0, 0.1) is 6.92 Å². The van der Waals surface area contributed by atoms with Gasteiger partial charge in [-0.15, -0.1) is 0 Å². The molecule has 2 aromatic heterocycles. The Morgan fingerprint density at radius 2 is 2.00 bits per heavy atom. The van der Waals surface area contributed by atoms with Gasteiger partial charge in [-0.25, -0.2) is 4.98 Å². The van der Waals surface area contributed by atoms with Crippen molar-refractivity contribution in [2.75, 3.05) is 13.1 Å². The lowest BCUT2D eigenvalue weighted by atomic mass is 10.0. The Labute approximate surface area is 162 Å². The molecule has 2 amide bonds. The van der Waals surface area contributed by atoms with Gasteiger partial charge in [0.25, 0.3) is 5.91 Å². The largest absolute Gasteiger partial charge is 0.461 e. The zero-order valence-electron chi connectivity index (χ0n) is 15.7. The number of hydrogen-bond acceptors (Lipinski definition) is 5. The van der Waals surface area contributed by atoms with E-state index in [0.29, 0.717) is 25.2 Å². The summed E-state index contributed by atoms with van der Waals surface area (Å²) in [6.07, 6.45) is 6.28. The van der Waals surface area contributed by atoms with Crippen molar-refractivity contribution in [3.63, 3.8) is 0 Å². The van der Waals surface area contributed by atoms with E-state index >= 15 is 0 Å². The number of rotatable bonds is 4. The standard InChI is InChI=1S/C21H22N4O3/c1-14-17(16-4-2-3-5-19(16)28-14)12-20(26)24-15-6-10-25(11-7-15)21(27)18-13-22-8-9-23-18/h2-5,8-9,13,15H,6-7,10-12H2,1H3,(H,24,26). The Kier molecular flexibility index (Phi) is 5.06. The third kappa shape index (κ3) is 3.74. The number of hydrogen-bond donors (Lipinski definition) is 1. The first-order valence-electron chi connectivity index (χ1n) is 9.43. The van der Waals surface area contributed by atoms with Gasteiger partial charge in [0.1, 0.15) is 17.0 Å². The highest BCUT2D eigenvalue weighted by atomic mass is 16.3. The fraction of sp³-hybridized carbons (Fsp3) is 0.333. The van der Waals surface area contributed by atoms with Crippen LogP contribution in [-0.2, 0) is 11.2 Å². The van der Waals surface area contributed by atoms with E-state index in [1.54, 1.807) is 11.1 Å². The average Bonchev–Trinajstić information content (AvgIpc) is 3.04. The molecular formula is C21H22N4O3. The minimum absolute atomic E-state index is 0.0200. The molecule has 0 radical (unpaired) electrons. The Hall–Kier alpha value is -3.22. The van der Waals surface area contributed by atoms with Gasteiger partial charge in [0, 0.05) is 42.5 Å². The molecular weight excluding hydrogens is 356 g/mol. The number of likely N-dealkylation sites (tertiary alicyclic amines) is 1. The molecule has 28 heavy (non-hydrogen) atoms. The van der Waals surface area contributed by atoms with Crippen LogP contribution < -0.4 is 5.32 Å². The highest BCUT2D eigenvalue weighted by molar-refractivity contribution is 5.92. The number of carbonyl (C=O) groups excluding carboxylic acids is 2. The molecule has 7 heteroatoms. The van der Waals surface area contributed by atoms with Gasteiger partial charge in [-0.3, -0.25) is 14.6 Å². The predicted molar refractivity (Wildman–Crippen MR) is 104 cm³/mol. The zero-order chi connectivity index (χ0) is 19.5. The minimum atomic E-state index is -0.113. The molecule has 0 atom stereocenters. The van der Waals surface area contributed by atoms with Crippen molar-refractivity contribution in [3.05, 3.63) is 59.9 Å². The predicted octanol–water partition coefficient (Wildman–Crippen LogP) is 2.49. The molecule has 0 saturated carbocycles. The number of para-hydroxylation sites is 1. The van der Waals surface area contributed by atoms with Gasteiger partial charge in [-0.05, 0) is 25.8 Å². The molecule has 0 bridgehead atoms. The van der Waals surface area contributed by atoms with Crippen molar-refractivity contribution >= 4 is 22.8 Å². The highest BCUT2D eigenvalue weighted by Crippen LogP contribution is 2.25. The Morgan fingerprint density at radius 3 is 2.75 bits per heavy atom. The number of furan rings is 1. The van der Waals surface area contributed by atoms with Crippen LogP contribution in [0.25, 0.3) is 11.0 Å². The average molecular weight is 378 g/mol. The molecule has 1 aliphatic heterocycles. The van der Waals surface area contributed by atoms with E-state index in [2.05, 4.69) is 15.3 Å². The fourth-order valence-corrected chi connectivity index (χ4v) is 3.68. The van der Waals surface area contributed by atoms with E-state index in [1.807, 2.05) is 31.2 Å². The molecule has 4 rings (SSSR count). The number of carbonyl (C=O) groups is 2. The smallest absolute Gasteiger partial charge is 0.274 e. The molecule has 7 nitrogen and oxygen atoms in total. The number of aromatic nitrogens is 2. The second-order valence-corrected chi connectivity index (χ2v) is 7.03. The van der Waals surface area contributed by atoms with Gasteiger partial charge >= 0.3 is 0 Å². The Morgan fingerprint density at radius 1 is 1.21 bits per heavy atom. The molecule has 1 N–H and O–H groups in total. The maximum absolute atomic E-state index is 12.6. The first-order chi connectivity index (χ1) is 13.6. The second-order valence-electron chi connectivity index (χ2n) is 7.03. The van der Waals surface area contributed by atoms with Crippen molar-refractivity contribution in [2.24, 2.45) is 0 Å². The van der Waals surface area contributed by atoms with Crippen LogP contribution in [-0.4, -0.2) is 45.8 Å². The van der Waals surface area contributed by atoms with Crippen LogP contribution in [0.15, 0.2) is 47.3 Å². The van der Waals surface area contributed by atoms with Gasteiger partial charge in [0.2, 0.25) is 5.91 Å². The molecule has 1 aliphatic rings. The van der Waals surface area contributed by atoms with Crippen LogP contribution in [0.3, 0.4) is 0 Å². The van der Waals surface area contributed by atoms with Crippen molar-refractivity contribution in [3.8, 4) is 0 Å². The Balaban J connectivity index is 1.33. The van der Waals surface area contributed by atoms with Crippen LogP contribution in [0.1, 0.15) is 34.7 Å². The molecule has 0 spiro atoms. The lowest BCUT2D eigenvalue weighted by Crippen LogP contribution is -2.47. The van der Waals surface area contributed by atoms with Gasteiger partial charge in [-0.2, -0.15) is 0 Å². The summed E-state index contributed by atoms with van der Waals surface area (Å²) in [6, 6.07) is 7.82. The molecule has 1 fully saturated rings. The molecule has 0 unspecified atom stereocenters. The molecule has 3 aromatic rings. The SMILES string of the molecule is Cc1oc2ccccc2c1CC(=O)NC1CCN(C(=O)c2cnccn2)CC1. The van der Waals surface area contributed by atoms with Crippen LogP contribution in [0.4, 0.5) is 0 Å². The lowest BCUT2D eigenvalue weighted by molar-refractivity contribution is -0.121. The molecule has 1 aromatic carbocycles. The van der Waals surface area contributed by atoms with Gasteiger partial charge in [0.15, 0.2) is 0 Å². The number of amides is 2. The fourth-order valence-electron chi connectivity index (χ4n) is 3.68. The van der Waals surface area contributed by atoms with E-state index < -0.39 is 0 Å². The van der Waals surface area contributed by atoms with Gasteiger partial charge < -0.3 is 14.6 Å². The van der Waals surface area contributed by atoms with Crippen LogP contribution in [0.5, 0.6) is 0 Å². The van der Waals surface area contributed by atoms with E-state index in [-0.39, 0.29) is 17.9 Å². The second kappa shape index (κ2) is 7.80. The zero-order valence-corrected chi connectivity index (χ0v) is 15.7. The summed E-state index contributed by atoms with van der Waals surface area (Å²) < 4.78 is 5.74. The third-order valence-electron chi connectivity index (χ3n) is 5.17.